The molecular formula is C18H31NO. The number of rotatable bonds is 12. The maximum Gasteiger partial charge on any atom is 0.0278 e. The monoisotopic (exact) mass is 277 g/mol. The fraction of sp³-hybridized carbons (Fsp3) is 0.667. The van der Waals surface area contributed by atoms with Gasteiger partial charge in [0.15, 0.2) is 0 Å². The summed E-state index contributed by atoms with van der Waals surface area (Å²) in [5, 5.41) is 11.3. The molecule has 1 rings (SSSR count). The van der Waals surface area contributed by atoms with E-state index in [1.165, 1.54) is 55.6 Å². The second kappa shape index (κ2) is 11.9. The van der Waals surface area contributed by atoms with Crippen LogP contribution in [0.1, 0.15) is 63.9 Å². The summed E-state index contributed by atoms with van der Waals surface area (Å²) in [5.74, 6) is 0. The lowest BCUT2D eigenvalue weighted by Crippen LogP contribution is -2.23. The van der Waals surface area contributed by atoms with Gasteiger partial charge in [0.1, 0.15) is 0 Å². The zero-order valence-electron chi connectivity index (χ0n) is 13.1. The number of benzene rings is 1. The predicted molar refractivity (Wildman–Crippen MR) is 86.1 cm³/mol. The molecule has 0 saturated carbocycles. The van der Waals surface area contributed by atoms with Gasteiger partial charge in [0, 0.05) is 13.1 Å². The van der Waals surface area contributed by atoms with Crippen LogP contribution < -0.4 is 0 Å². The summed E-state index contributed by atoms with van der Waals surface area (Å²) >= 11 is 0. The van der Waals surface area contributed by atoms with Crippen molar-refractivity contribution in [3.05, 3.63) is 35.9 Å². The number of hydrogen-bond donors (Lipinski definition) is 1. The van der Waals surface area contributed by atoms with E-state index in [4.69, 9.17) is 0 Å². The highest BCUT2D eigenvalue weighted by Crippen LogP contribution is 2.08. The van der Waals surface area contributed by atoms with Gasteiger partial charge in [-0.2, -0.15) is 5.06 Å². The van der Waals surface area contributed by atoms with Crippen molar-refractivity contribution in [3.63, 3.8) is 0 Å². The standard InChI is InChI=1S/C18H31NO/c1-2-3-4-5-6-7-8-12-16-19(20)17-15-18-13-10-9-11-14-18/h9-11,13-14,20H,2-8,12,15-17H2,1H3. The van der Waals surface area contributed by atoms with Crippen LogP contribution in [0.5, 0.6) is 0 Å². The molecule has 2 heteroatoms. The van der Waals surface area contributed by atoms with E-state index in [0.29, 0.717) is 0 Å². The van der Waals surface area contributed by atoms with Gasteiger partial charge < -0.3 is 5.21 Å². The van der Waals surface area contributed by atoms with Gasteiger partial charge in [-0.15, -0.1) is 0 Å². The van der Waals surface area contributed by atoms with Gasteiger partial charge >= 0.3 is 0 Å². The Labute approximate surface area is 124 Å². The van der Waals surface area contributed by atoms with Crippen LogP contribution in [0.4, 0.5) is 0 Å². The minimum absolute atomic E-state index is 0.737. The van der Waals surface area contributed by atoms with E-state index >= 15 is 0 Å². The predicted octanol–water partition coefficient (Wildman–Crippen LogP) is 5.06. The highest BCUT2D eigenvalue weighted by atomic mass is 16.5. The fourth-order valence-corrected chi connectivity index (χ4v) is 2.44. The van der Waals surface area contributed by atoms with Gasteiger partial charge in [-0.1, -0.05) is 82.2 Å². The molecule has 0 radical (unpaired) electrons. The van der Waals surface area contributed by atoms with Crippen LogP contribution in [0.25, 0.3) is 0 Å². The van der Waals surface area contributed by atoms with Crippen molar-refractivity contribution in [3.8, 4) is 0 Å². The lowest BCUT2D eigenvalue weighted by atomic mass is 10.1. The second-order valence-electron chi connectivity index (χ2n) is 5.66. The first-order chi connectivity index (χ1) is 9.83. The molecule has 0 fully saturated rings. The topological polar surface area (TPSA) is 23.5 Å². The molecule has 0 spiro atoms. The van der Waals surface area contributed by atoms with Crippen molar-refractivity contribution in [1.29, 1.82) is 0 Å². The third-order valence-corrected chi connectivity index (χ3v) is 3.77. The van der Waals surface area contributed by atoms with Crippen LogP contribution in [0.15, 0.2) is 30.3 Å². The van der Waals surface area contributed by atoms with Crippen LogP contribution in [0, 0.1) is 0 Å². The first-order valence-corrected chi connectivity index (χ1v) is 8.30. The molecule has 0 amide bonds. The van der Waals surface area contributed by atoms with Gasteiger partial charge in [0.05, 0.1) is 0 Å². The van der Waals surface area contributed by atoms with Crippen molar-refractivity contribution in [2.45, 2.75) is 64.7 Å². The maximum absolute atomic E-state index is 9.82. The zero-order valence-corrected chi connectivity index (χ0v) is 13.1. The van der Waals surface area contributed by atoms with Gasteiger partial charge in [-0.25, -0.2) is 0 Å². The van der Waals surface area contributed by atoms with E-state index in [2.05, 4.69) is 31.2 Å². The maximum atomic E-state index is 9.82. The summed E-state index contributed by atoms with van der Waals surface area (Å²) < 4.78 is 0. The molecule has 20 heavy (non-hydrogen) atoms. The molecule has 0 aromatic heterocycles. The van der Waals surface area contributed by atoms with Gasteiger partial charge in [0.2, 0.25) is 0 Å². The Balaban J connectivity index is 1.91. The summed E-state index contributed by atoms with van der Waals surface area (Å²) in [6, 6.07) is 10.4. The minimum Gasteiger partial charge on any atom is -0.314 e. The Morgan fingerprint density at radius 3 is 2.05 bits per heavy atom. The molecule has 1 N–H and O–H groups in total. The van der Waals surface area contributed by atoms with E-state index in [1.807, 2.05) is 6.07 Å². The molecule has 0 unspecified atom stereocenters. The summed E-state index contributed by atoms with van der Waals surface area (Å²) in [7, 11) is 0. The molecular weight excluding hydrogens is 246 g/mol. The summed E-state index contributed by atoms with van der Waals surface area (Å²) in [6.07, 6.45) is 11.4. The molecule has 0 saturated heterocycles. The molecule has 0 bridgehead atoms. The third-order valence-electron chi connectivity index (χ3n) is 3.77. The summed E-state index contributed by atoms with van der Waals surface area (Å²) in [5.41, 5.74) is 1.29. The third kappa shape index (κ3) is 9.11. The molecule has 1 aromatic rings. The Bertz CT molecular complexity index is 312. The summed E-state index contributed by atoms with van der Waals surface area (Å²) in [6.45, 7) is 3.80. The second-order valence-corrected chi connectivity index (χ2v) is 5.66. The Hall–Kier alpha value is -0.860. The van der Waals surface area contributed by atoms with Gasteiger partial charge in [-0.3, -0.25) is 0 Å². The normalized spacial score (nSPS) is 11.2. The van der Waals surface area contributed by atoms with E-state index in [9.17, 15) is 5.21 Å². The lowest BCUT2D eigenvalue weighted by Gasteiger charge is -2.14. The Morgan fingerprint density at radius 2 is 1.40 bits per heavy atom. The number of hydroxylamine groups is 2. The van der Waals surface area contributed by atoms with Gasteiger partial charge in [0.25, 0.3) is 0 Å². The molecule has 0 atom stereocenters. The average Bonchev–Trinajstić information content (AvgIpc) is 2.49. The smallest absolute Gasteiger partial charge is 0.0278 e. The molecule has 114 valence electrons. The van der Waals surface area contributed by atoms with E-state index in [-0.39, 0.29) is 0 Å². The van der Waals surface area contributed by atoms with Crippen molar-refractivity contribution < 1.29 is 5.21 Å². The average molecular weight is 277 g/mol. The number of nitrogens with zero attached hydrogens (tertiary/aromatic N) is 1. The van der Waals surface area contributed by atoms with E-state index < -0.39 is 0 Å². The van der Waals surface area contributed by atoms with Crippen molar-refractivity contribution in [2.75, 3.05) is 13.1 Å². The van der Waals surface area contributed by atoms with E-state index in [1.54, 1.807) is 0 Å². The molecule has 0 aliphatic heterocycles. The SMILES string of the molecule is CCCCCCCCCCN(O)CCc1ccccc1. The van der Waals surface area contributed by atoms with Crippen LogP contribution in [-0.2, 0) is 6.42 Å². The summed E-state index contributed by atoms with van der Waals surface area (Å²) in [4.78, 5) is 0. The molecule has 1 aromatic carbocycles. The van der Waals surface area contributed by atoms with Gasteiger partial charge in [-0.05, 0) is 18.4 Å². The number of unbranched alkanes of at least 4 members (excludes halogenated alkanes) is 7. The molecule has 0 aliphatic rings. The molecule has 2 nitrogen and oxygen atoms in total. The Kier molecular flexibility index (Phi) is 10.3. The first-order valence-electron chi connectivity index (χ1n) is 8.30. The quantitative estimate of drug-likeness (QED) is 0.426. The lowest BCUT2D eigenvalue weighted by molar-refractivity contribution is -0.0905. The Morgan fingerprint density at radius 1 is 0.800 bits per heavy atom. The van der Waals surface area contributed by atoms with Crippen LogP contribution in [0.3, 0.4) is 0 Å². The largest absolute Gasteiger partial charge is 0.314 e. The highest BCUT2D eigenvalue weighted by molar-refractivity contribution is 5.14. The number of hydrogen-bond acceptors (Lipinski definition) is 2. The molecule has 0 heterocycles. The fourth-order valence-electron chi connectivity index (χ4n) is 2.44. The highest BCUT2D eigenvalue weighted by Gasteiger charge is 2.01. The van der Waals surface area contributed by atoms with Crippen LogP contribution in [-0.4, -0.2) is 23.4 Å². The van der Waals surface area contributed by atoms with Crippen LogP contribution >= 0.6 is 0 Å². The minimum atomic E-state index is 0.737. The molecule has 0 aliphatic carbocycles. The van der Waals surface area contributed by atoms with Crippen LogP contribution in [0.2, 0.25) is 0 Å². The first kappa shape index (κ1) is 17.2. The van der Waals surface area contributed by atoms with Crippen molar-refractivity contribution in [1.82, 2.24) is 5.06 Å². The zero-order chi connectivity index (χ0) is 14.5. The van der Waals surface area contributed by atoms with Crippen molar-refractivity contribution in [2.24, 2.45) is 0 Å². The van der Waals surface area contributed by atoms with E-state index in [0.717, 1.165) is 25.9 Å². The van der Waals surface area contributed by atoms with Crippen molar-refractivity contribution >= 4 is 0 Å².